The van der Waals surface area contributed by atoms with Gasteiger partial charge in [0.15, 0.2) is 11.6 Å². The quantitative estimate of drug-likeness (QED) is 0.859. The highest BCUT2D eigenvalue weighted by atomic mass is 19.2. The van der Waals surface area contributed by atoms with Crippen LogP contribution >= 0.6 is 0 Å². The fourth-order valence-corrected chi connectivity index (χ4v) is 1.83. The predicted octanol–water partition coefficient (Wildman–Crippen LogP) is 3.73. The third-order valence-electron chi connectivity index (χ3n) is 2.92. The SMILES string of the molecule is CC(NC(=O)c1cc(F)cc(F)c1)c1ccc(F)c(F)c1. The first kappa shape index (κ1) is 15.0. The van der Waals surface area contributed by atoms with Crippen molar-refractivity contribution in [2.24, 2.45) is 0 Å². The third kappa shape index (κ3) is 3.59. The van der Waals surface area contributed by atoms with Crippen LogP contribution in [0.5, 0.6) is 0 Å². The molecule has 0 bridgehead atoms. The molecule has 2 aromatic rings. The number of carbonyl (C=O) groups is 1. The number of carbonyl (C=O) groups excluding carboxylic acids is 1. The van der Waals surface area contributed by atoms with Gasteiger partial charge in [-0.1, -0.05) is 6.07 Å². The Balaban J connectivity index is 2.16. The smallest absolute Gasteiger partial charge is 0.251 e. The van der Waals surface area contributed by atoms with Crippen molar-refractivity contribution in [3.8, 4) is 0 Å². The van der Waals surface area contributed by atoms with Crippen LogP contribution in [-0.2, 0) is 0 Å². The van der Waals surface area contributed by atoms with Crippen molar-refractivity contribution in [2.45, 2.75) is 13.0 Å². The molecule has 0 radical (unpaired) electrons. The molecule has 2 aromatic carbocycles. The molecule has 1 amide bonds. The van der Waals surface area contributed by atoms with E-state index in [1.54, 1.807) is 6.92 Å². The number of hydrogen-bond donors (Lipinski definition) is 1. The molecule has 0 aliphatic carbocycles. The van der Waals surface area contributed by atoms with Crippen LogP contribution in [0.1, 0.15) is 28.9 Å². The highest BCUT2D eigenvalue weighted by Crippen LogP contribution is 2.17. The molecule has 1 atom stereocenters. The molecule has 0 aliphatic heterocycles. The Morgan fingerprint density at radius 3 is 2.14 bits per heavy atom. The van der Waals surface area contributed by atoms with Crippen molar-refractivity contribution in [1.29, 1.82) is 0 Å². The molecule has 0 aromatic heterocycles. The highest BCUT2D eigenvalue weighted by Gasteiger charge is 2.14. The largest absolute Gasteiger partial charge is 0.346 e. The van der Waals surface area contributed by atoms with E-state index in [9.17, 15) is 22.4 Å². The second-order valence-electron chi connectivity index (χ2n) is 4.53. The van der Waals surface area contributed by atoms with Gasteiger partial charge < -0.3 is 5.32 Å². The van der Waals surface area contributed by atoms with Gasteiger partial charge in [0.2, 0.25) is 0 Å². The Labute approximate surface area is 118 Å². The normalized spacial score (nSPS) is 12.0. The monoisotopic (exact) mass is 297 g/mol. The fourth-order valence-electron chi connectivity index (χ4n) is 1.83. The summed E-state index contributed by atoms with van der Waals surface area (Å²) < 4.78 is 52.0. The van der Waals surface area contributed by atoms with Crippen molar-refractivity contribution in [1.82, 2.24) is 5.32 Å². The number of amides is 1. The molecular weight excluding hydrogens is 286 g/mol. The molecule has 1 unspecified atom stereocenters. The first-order valence-corrected chi connectivity index (χ1v) is 6.08. The first-order chi connectivity index (χ1) is 9.86. The van der Waals surface area contributed by atoms with Gasteiger partial charge in [0, 0.05) is 11.6 Å². The molecule has 0 fully saturated rings. The highest BCUT2D eigenvalue weighted by molar-refractivity contribution is 5.94. The molecular formula is C15H11F4NO. The predicted molar refractivity (Wildman–Crippen MR) is 68.6 cm³/mol. The van der Waals surface area contributed by atoms with E-state index in [1.165, 1.54) is 6.07 Å². The van der Waals surface area contributed by atoms with Gasteiger partial charge in [-0.2, -0.15) is 0 Å². The minimum absolute atomic E-state index is 0.193. The van der Waals surface area contributed by atoms with Crippen molar-refractivity contribution in [3.63, 3.8) is 0 Å². The minimum atomic E-state index is -1.04. The maximum absolute atomic E-state index is 13.1. The van der Waals surface area contributed by atoms with Crippen LogP contribution in [0.25, 0.3) is 0 Å². The minimum Gasteiger partial charge on any atom is -0.346 e. The number of hydrogen-bond acceptors (Lipinski definition) is 1. The Kier molecular flexibility index (Phi) is 4.26. The lowest BCUT2D eigenvalue weighted by molar-refractivity contribution is 0.0939. The summed E-state index contributed by atoms with van der Waals surface area (Å²) in [5.74, 6) is -4.50. The van der Waals surface area contributed by atoms with Crippen molar-refractivity contribution < 1.29 is 22.4 Å². The fraction of sp³-hybridized carbons (Fsp3) is 0.133. The molecule has 0 aliphatic rings. The number of rotatable bonds is 3. The van der Waals surface area contributed by atoms with E-state index in [2.05, 4.69) is 5.32 Å². The third-order valence-corrected chi connectivity index (χ3v) is 2.92. The van der Waals surface area contributed by atoms with E-state index in [-0.39, 0.29) is 5.56 Å². The van der Waals surface area contributed by atoms with Gasteiger partial charge in [0.1, 0.15) is 11.6 Å². The lowest BCUT2D eigenvalue weighted by Gasteiger charge is -2.14. The van der Waals surface area contributed by atoms with Gasteiger partial charge >= 0.3 is 0 Å². The van der Waals surface area contributed by atoms with Crippen LogP contribution in [0.2, 0.25) is 0 Å². The second-order valence-corrected chi connectivity index (χ2v) is 4.53. The van der Waals surface area contributed by atoms with Crippen LogP contribution < -0.4 is 5.32 Å². The van der Waals surface area contributed by atoms with Gasteiger partial charge in [-0.05, 0) is 36.8 Å². The number of nitrogens with one attached hydrogen (secondary N) is 1. The molecule has 110 valence electrons. The summed E-state index contributed by atoms with van der Waals surface area (Å²) in [6.45, 7) is 1.54. The van der Waals surface area contributed by atoms with Gasteiger partial charge in [0.25, 0.3) is 5.91 Å². The zero-order valence-corrected chi connectivity index (χ0v) is 11.0. The average Bonchev–Trinajstić information content (AvgIpc) is 2.40. The molecule has 6 heteroatoms. The van der Waals surface area contributed by atoms with Crippen molar-refractivity contribution in [3.05, 3.63) is 70.8 Å². The molecule has 2 nitrogen and oxygen atoms in total. The first-order valence-electron chi connectivity index (χ1n) is 6.08. The van der Waals surface area contributed by atoms with E-state index in [4.69, 9.17) is 0 Å². The van der Waals surface area contributed by atoms with Crippen LogP contribution in [0.15, 0.2) is 36.4 Å². The average molecular weight is 297 g/mol. The number of benzene rings is 2. The van der Waals surface area contributed by atoms with Crippen molar-refractivity contribution >= 4 is 5.91 Å². The number of halogens is 4. The Hall–Kier alpha value is -2.37. The lowest BCUT2D eigenvalue weighted by Crippen LogP contribution is -2.27. The van der Waals surface area contributed by atoms with E-state index in [1.807, 2.05) is 0 Å². The second kappa shape index (κ2) is 5.95. The molecule has 1 N–H and O–H groups in total. The summed E-state index contributed by atoms with van der Waals surface area (Å²) in [7, 11) is 0. The van der Waals surface area contributed by atoms with Crippen LogP contribution in [0.4, 0.5) is 17.6 Å². The standard InChI is InChI=1S/C15H11F4NO/c1-8(9-2-3-13(18)14(19)6-9)20-15(21)10-4-11(16)7-12(17)5-10/h2-8H,1H3,(H,20,21). The maximum Gasteiger partial charge on any atom is 0.251 e. The summed E-state index contributed by atoms with van der Waals surface area (Å²) >= 11 is 0. The van der Waals surface area contributed by atoms with Gasteiger partial charge in [-0.15, -0.1) is 0 Å². The van der Waals surface area contributed by atoms with E-state index < -0.39 is 35.2 Å². The van der Waals surface area contributed by atoms with E-state index >= 15 is 0 Å². The van der Waals surface area contributed by atoms with Gasteiger partial charge in [0.05, 0.1) is 6.04 Å². The zero-order chi connectivity index (χ0) is 15.6. The van der Waals surface area contributed by atoms with Crippen LogP contribution in [-0.4, -0.2) is 5.91 Å². The van der Waals surface area contributed by atoms with Crippen molar-refractivity contribution in [2.75, 3.05) is 0 Å². The summed E-state index contributed by atoms with van der Waals surface area (Å²) in [5.41, 5.74) is 0.140. The zero-order valence-electron chi connectivity index (χ0n) is 11.0. The summed E-state index contributed by atoms with van der Waals surface area (Å²) in [6, 6.07) is 4.97. The topological polar surface area (TPSA) is 29.1 Å². The molecule has 0 saturated carbocycles. The Morgan fingerprint density at radius 2 is 1.57 bits per heavy atom. The Bertz CT molecular complexity index is 667. The molecule has 2 rings (SSSR count). The van der Waals surface area contributed by atoms with E-state index in [0.29, 0.717) is 11.6 Å². The maximum atomic E-state index is 13.1. The van der Waals surface area contributed by atoms with E-state index in [0.717, 1.165) is 24.3 Å². The summed E-state index contributed by atoms with van der Waals surface area (Å²) in [4.78, 5) is 11.9. The lowest BCUT2D eigenvalue weighted by atomic mass is 10.1. The molecule has 21 heavy (non-hydrogen) atoms. The van der Waals surface area contributed by atoms with Gasteiger partial charge in [-0.25, -0.2) is 17.6 Å². The van der Waals surface area contributed by atoms with Crippen LogP contribution in [0.3, 0.4) is 0 Å². The molecule has 0 spiro atoms. The summed E-state index contributed by atoms with van der Waals surface area (Å²) in [5, 5.41) is 2.45. The Morgan fingerprint density at radius 1 is 0.952 bits per heavy atom. The van der Waals surface area contributed by atoms with Crippen LogP contribution in [0, 0.1) is 23.3 Å². The van der Waals surface area contributed by atoms with Gasteiger partial charge in [-0.3, -0.25) is 4.79 Å². The molecule has 0 saturated heterocycles. The summed E-state index contributed by atoms with van der Waals surface area (Å²) in [6.07, 6.45) is 0. The molecule has 0 heterocycles.